The quantitative estimate of drug-likeness (QED) is 0.644. The van der Waals surface area contributed by atoms with Gasteiger partial charge in [-0.1, -0.05) is 18.2 Å². The third-order valence-electron chi connectivity index (χ3n) is 2.36. The highest BCUT2D eigenvalue weighted by molar-refractivity contribution is 5.62. The Morgan fingerprint density at radius 1 is 1.06 bits per heavy atom. The summed E-state index contributed by atoms with van der Waals surface area (Å²) in [5, 5.41) is 13.8. The van der Waals surface area contributed by atoms with E-state index in [1.165, 1.54) is 12.1 Å². The van der Waals surface area contributed by atoms with E-state index in [0.29, 0.717) is 5.69 Å². The highest BCUT2D eigenvalue weighted by atomic mass is 16.6. The van der Waals surface area contributed by atoms with Crippen molar-refractivity contribution in [2.24, 2.45) is 0 Å². The molecule has 0 spiro atoms. The normalized spacial score (nSPS) is 9.94. The van der Waals surface area contributed by atoms with E-state index in [1.807, 2.05) is 31.2 Å². The number of rotatable bonds is 3. The van der Waals surface area contributed by atoms with Crippen molar-refractivity contribution in [3.05, 3.63) is 64.2 Å². The molecular weight excluding hydrogens is 216 g/mol. The number of aryl methyl sites for hydroxylation is 1. The fourth-order valence-corrected chi connectivity index (χ4v) is 1.59. The molecule has 0 aliphatic heterocycles. The van der Waals surface area contributed by atoms with Crippen LogP contribution in [0.5, 0.6) is 0 Å². The highest BCUT2D eigenvalue weighted by Gasteiger charge is 2.05. The Bertz CT molecular complexity index is 553. The standard InChI is InChI=1S/C13H12N2O2/c1-10-4-2-5-11(8-10)14-12-6-3-7-13(9-12)15(16)17/h2-9,14H,1H3. The Kier molecular flexibility index (Phi) is 3.05. The lowest BCUT2D eigenvalue weighted by molar-refractivity contribution is -0.384. The van der Waals surface area contributed by atoms with Crippen LogP contribution < -0.4 is 5.32 Å². The maximum absolute atomic E-state index is 10.6. The van der Waals surface area contributed by atoms with Crippen LogP contribution in [0.1, 0.15) is 5.56 Å². The van der Waals surface area contributed by atoms with E-state index < -0.39 is 4.92 Å². The van der Waals surface area contributed by atoms with Gasteiger partial charge in [0.15, 0.2) is 0 Å². The third-order valence-corrected chi connectivity index (χ3v) is 2.36. The van der Waals surface area contributed by atoms with Gasteiger partial charge >= 0.3 is 0 Å². The first-order valence-corrected chi connectivity index (χ1v) is 5.23. The minimum absolute atomic E-state index is 0.0858. The van der Waals surface area contributed by atoms with Crippen LogP contribution in [0.2, 0.25) is 0 Å². The monoisotopic (exact) mass is 228 g/mol. The maximum atomic E-state index is 10.6. The lowest BCUT2D eigenvalue weighted by Gasteiger charge is -2.06. The van der Waals surface area contributed by atoms with Crippen molar-refractivity contribution >= 4 is 17.1 Å². The van der Waals surface area contributed by atoms with Gasteiger partial charge < -0.3 is 5.32 Å². The van der Waals surface area contributed by atoms with Crippen molar-refractivity contribution in [3.63, 3.8) is 0 Å². The van der Waals surface area contributed by atoms with Crippen molar-refractivity contribution < 1.29 is 4.92 Å². The second-order valence-electron chi connectivity index (χ2n) is 3.80. The summed E-state index contributed by atoms with van der Waals surface area (Å²) in [6, 6.07) is 14.3. The Morgan fingerprint density at radius 3 is 2.35 bits per heavy atom. The molecule has 0 saturated heterocycles. The van der Waals surface area contributed by atoms with E-state index >= 15 is 0 Å². The molecule has 2 aromatic carbocycles. The first kappa shape index (κ1) is 11.1. The van der Waals surface area contributed by atoms with Gasteiger partial charge in [-0.05, 0) is 30.7 Å². The Balaban J connectivity index is 2.24. The van der Waals surface area contributed by atoms with Crippen molar-refractivity contribution in [1.29, 1.82) is 0 Å². The lowest BCUT2D eigenvalue weighted by atomic mass is 10.2. The fourth-order valence-electron chi connectivity index (χ4n) is 1.59. The number of nitrogens with one attached hydrogen (secondary N) is 1. The molecule has 0 fully saturated rings. The van der Waals surface area contributed by atoms with Crippen LogP contribution >= 0.6 is 0 Å². The van der Waals surface area contributed by atoms with Gasteiger partial charge in [0, 0.05) is 23.5 Å². The molecule has 0 heterocycles. The van der Waals surface area contributed by atoms with Gasteiger partial charge in [-0.2, -0.15) is 0 Å². The SMILES string of the molecule is Cc1cccc(Nc2cccc([N+](=O)[O-])c2)c1. The van der Waals surface area contributed by atoms with Crippen LogP contribution in [0.15, 0.2) is 48.5 Å². The summed E-state index contributed by atoms with van der Waals surface area (Å²) in [6.45, 7) is 2.00. The average molecular weight is 228 g/mol. The van der Waals surface area contributed by atoms with Crippen molar-refractivity contribution in [2.75, 3.05) is 5.32 Å². The topological polar surface area (TPSA) is 55.2 Å². The Hall–Kier alpha value is -2.36. The van der Waals surface area contributed by atoms with Crippen molar-refractivity contribution in [3.8, 4) is 0 Å². The molecule has 0 atom stereocenters. The lowest BCUT2D eigenvalue weighted by Crippen LogP contribution is -1.93. The minimum atomic E-state index is -0.401. The zero-order valence-corrected chi connectivity index (χ0v) is 9.38. The summed E-state index contributed by atoms with van der Waals surface area (Å²) in [7, 11) is 0. The number of hydrogen-bond acceptors (Lipinski definition) is 3. The molecule has 86 valence electrons. The molecule has 1 N–H and O–H groups in total. The highest BCUT2D eigenvalue weighted by Crippen LogP contribution is 2.21. The predicted octanol–water partition coefficient (Wildman–Crippen LogP) is 3.65. The van der Waals surface area contributed by atoms with Crippen molar-refractivity contribution in [2.45, 2.75) is 6.92 Å². The minimum Gasteiger partial charge on any atom is -0.355 e. The summed E-state index contributed by atoms with van der Waals surface area (Å²) in [5.41, 5.74) is 2.86. The van der Waals surface area contributed by atoms with E-state index in [1.54, 1.807) is 12.1 Å². The van der Waals surface area contributed by atoms with E-state index in [9.17, 15) is 10.1 Å². The molecule has 0 aliphatic carbocycles. The smallest absolute Gasteiger partial charge is 0.271 e. The van der Waals surface area contributed by atoms with Crippen LogP contribution in [-0.2, 0) is 0 Å². The maximum Gasteiger partial charge on any atom is 0.271 e. The van der Waals surface area contributed by atoms with E-state index in [-0.39, 0.29) is 5.69 Å². The Morgan fingerprint density at radius 2 is 1.71 bits per heavy atom. The fraction of sp³-hybridized carbons (Fsp3) is 0.0769. The molecule has 2 rings (SSSR count). The largest absolute Gasteiger partial charge is 0.355 e. The number of nitro groups is 1. The molecule has 4 heteroatoms. The number of nitro benzene ring substituents is 1. The van der Waals surface area contributed by atoms with Gasteiger partial charge in [-0.15, -0.1) is 0 Å². The van der Waals surface area contributed by atoms with Crippen LogP contribution in [0.25, 0.3) is 0 Å². The number of hydrogen-bond donors (Lipinski definition) is 1. The first-order valence-electron chi connectivity index (χ1n) is 5.23. The van der Waals surface area contributed by atoms with Crippen LogP contribution in [0.3, 0.4) is 0 Å². The van der Waals surface area contributed by atoms with Gasteiger partial charge in [-0.3, -0.25) is 10.1 Å². The van der Waals surface area contributed by atoms with Gasteiger partial charge in [0.05, 0.1) is 4.92 Å². The van der Waals surface area contributed by atoms with Crippen LogP contribution in [0.4, 0.5) is 17.1 Å². The molecule has 0 unspecified atom stereocenters. The van der Waals surface area contributed by atoms with Gasteiger partial charge in [-0.25, -0.2) is 0 Å². The summed E-state index contributed by atoms with van der Waals surface area (Å²) in [5.74, 6) is 0. The van der Waals surface area contributed by atoms with Crippen molar-refractivity contribution in [1.82, 2.24) is 0 Å². The number of benzene rings is 2. The van der Waals surface area contributed by atoms with Crippen LogP contribution in [-0.4, -0.2) is 4.92 Å². The number of non-ortho nitro benzene ring substituents is 1. The molecule has 0 amide bonds. The summed E-state index contributed by atoms with van der Waals surface area (Å²) < 4.78 is 0. The summed E-state index contributed by atoms with van der Waals surface area (Å²) in [6.07, 6.45) is 0. The van der Waals surface area contributed by atoms with Crippen LogP contribution in [0, 0.1) is 17.0 Å². The zero-order valence-electron chi connectivity index (χ0n) is 9.38. The molecule has 0 aliphatic rings. The number of anilines is 2. The predicted molar refractivity (Wildman–Crippen MR) is 67.6 cm³/mol. The average Bonchev–Trinajstić information content (AvgIpc) is 2.29. The van der Waals surface area contributed by atoms with E-state index in [0.717, 1.165) is 11.3 Å². The van der Waals surface area contributed by atoms with E-state index in [2.05, 4.69) is 5.32 Å². The van der Waals surface area contributed by atoms with Gasteiger partial charge in [0.25, 0.3) is 5.69 Å². The third kappa shape index (κ3) is 2.81. The summed E-state index contributed by atoms with van der Waals surface area (Å²) in [4.78, 5) is 10.2. The molecule has 0 bridgehead atoms. The molecule has 0 aromatic heterocycles. The molecule has 4 nitrogen and oxygen atoms in total. The molecular formula is C13H12N2O2. The molecule has 17 heavy (non-hydrogen) atoms. The molecule has 2 aromatic rings. The second-order valence-corrected chi connectivity index (χ2v) is 3.80. The Labute approximate surface area is 99.1 Å². The summed E-state index contributed by atoms with van der Waals surface area (Å²) >= 11 is 0. The second kappa shape index (κ2) is 4.65. The van der Waals surface area contributed by atoms with E-state index in [4.69, 9.17) is 0 Å². The number of nitrogens with zero attached hydrogens (tertiary/aromatic N) is 1. The van der Waals surface area contributed by atoms with Gasteiger partial charge in [0.1, 0.15) is 0 Å². The zero-order chi connectivity index (χ0) is 12.3. The molecule has 0 radical (unpaired) electrons. The van der Waals surface area contributed by atoms with Gasteiger partial charge in [0.2, 0.25) is 0 Å². The molecule has 0 saturated carbocycles. The first-order chi connectivity index (χ1) is 8.15.